The van der Waals surface area contributed by atoms with E-state index in [0.717, 1.165) is 11.1 Å². The standard InChI is InChI=1S/C21H29N3O2/c1-15(2)18(21(26)24-14-17-9-6-10-23-13-17)12-20(25)19(22)11-16-7-4-3-5-8-16/h3-10,13,15,18-20,25H,11-12,14,22H2,1-2H3,(H,24,26)/t18-,19-,20-/m0/s1. The molecule has 5 heteroatoms. The Balaban J connectivity index is 1.90. The average Bonchev–Trinajstić information content (AvgIpc) is 2.65. The smallest absolute Gasteiger partial charge is 0.223 e. The fourth-order valence-electron chi connectivity index (χ4n) is 2.96. The van der Waals surface area contributed by atoms with Crippen LogP contribution in [0.15, 0.2) is 54.9 Å². The maximum Gasteiger partial charge on any atom is 0.223 e. The molecule has 2 aromatic rings. The van der Waals surface area contributed by atoms with Crippen LogP contribution in [-0.4, -0.2) is 28.1 Å². The minimum absolute atomic E-state index is 0.0604. The summed E-state index contributed by atoms with van der Waals surface area (Å²) in [5, 5.41) is 13.5. The predicted octanol–water partition coefficient (Wildman–Crippen LogP) is 2.29. The van der Waals surface area contributed by atoms with Crippen LogP contribution in [0.25, 0.3) is 0 Å². The van der Waals surface area contributed by atoms with E-state index in [1.807, 2.05) is 56.3 Å². The number of benzene rings is 1. The van der Waals surface area contributed by atoms with Gasteiger partial charge in [0.15, 0.2) is 0 Å². The lowest BCUT2D eigenvalue weighted by Gasteiger charge is -2.26. The molecule has 0 fully saturated rings. The molecule has 0 bridgehead atoms. The Morgan fingerprint density at radius 3 is 2.46 bits per heavy atom. The molecule has 0 saturated heterocycles. The zero-order valence-corrected chi connectivity index (χ0v) is 15.5. The van der Waals surface area contributed by atoms with Crippen molar-refractivity contribution in [1.29, 1.82) is 0 Å². The number of carbonyl (C=O) groups is 1. The van der Waals surface area contributed by atoms with E-state index in [0.29, 0.717) is 19.4 Å². The van der Waals surface area contributed by atoms with Crippen LogP contribution in [-0.2, 0) is 17.8 Å². The first-order valence-corrected chi connectivity index (χ1v) is 9.11. The van der Waals surface area contributed by atoms with Gasteiger partial charge in [0.1, 0.15) is 0 Å². The normalized spacial score (nSPS) is 14.7. The van der Waals surface area contributed by atoms with E-state index >= 15 is 0 Å². The number of nitrogens with zero attached hydrogens (tertiary/aromatic N) is 1. The number of amides is 1. The van der Waals surface area contributed by atoms with Crippen molar-refractivity contribution in [2.75, 3.05) is 0 Å². The summed E-state index contributed by atoms with van der Waals surface area (Å²) in [5.41, 5.74) is 8.21. The van der Waals surface area contributed by atoms with Crippen LogP contribution in [0.1, 0.15) is 31.4 Å². The molecule has 1 aromatic heterocycles. The van der Waals surface area contributed by atoms with Crippen molar-refractivity contribution in [3.8, 4) is 0 Å². The van der Waals surface area contributed by atoms with Crippen LogP contribution in [0.2, 0.25) is 0 Å². The molecular weight excluding hydrogens is 326 g/mol. The highest BCUT2D eigenvalue weighted by molar-refractivity contribution is 5.78. The van der Waals surface area contributed by atoms with Gasteiger partial charge in [-0.25, -0.2) is 0 Å². The largest absolute Gasteiger partial charge is 0.391 e. The van der Waals surface area contributed by atoms with Gasteiger partial charge in [-0.1, -0.05) is 50.2 Å². The molecule has 140 valence electrons. The summed E-state index contributed by atoms with van der Waals surface area (Å²) in [4.78, 5) is 16.6. The second kappa shape index (κ2) is 10.0. The second-order valence-corrected chi connectivity index (χ2v) is 7.09. The highest BCUT2D eigenvalue weighted by atomic mass is 16.3. The molecule has 1 heterocycles. The molecule has 4 N–H and O–H groups in total. The van der Waals surface area contributed by atoms with E-state index in [2.05, 4.69) is 10.3 Å². The first-order valence-electron chi connectivity index (χ1n) is 9.11. The molecule has 0 aliphatic carbocycles. The summed E-state index contributed by atoms with van der Waals surface area (Å²) in [7, 11) is 0. The van der Waals surface area contributed by atoms with Crippen LogP contribution < -0.4 is 11.1 Å². The fourth-order valence-corrected chi connectivity index (χ4v) is 2.96. The Bertz CT molecular complexity index is 661. The Labute approximate surface area is 155 Å². The van der Waals surface area contributed by atoms with Crippen molar-refractivity contribution < 1.29 is 9.90 Å². The highest BCUT2D eigenvalue weighted by Gasteiger charge is 2.27. The van der Waals surface area contributed by atoms with Gasteiger partial charge in [0.2, 0.25) is 5.91 Å². The number of aliphatic hydroxyl groups excluding tert-OH is 1. The fraction of sp³-hybridized carbons (Fsp3) is 0.429. The van der Waals surface area contributed by atoms with Gasteiger partial charge in [-0.2, -0.15) is 0 Å². The van der Waals surface area contributed by atoms with Crippen LogP contribution in [0, 0.1) is 11.8 Å². The number of hydrogen-bond acceptors (Lipinski definition) is 4. The van der Waals surface area contributed by atoms with Crippen molar-refractivity contribution in [3.05, 3.63) is 66.0 Å². The van der Waals surface area contributed by atoms with Gasteiger partial charge in [0.05, 0.1) is 6.10 Å². The molecule has 2 rings (SSSR count). The number of hydrogen-bond donors (Lipinski definition) is 3. The lowest BCUT2D eigenvalue weighted by atomic mass is 9.86. The maximum atomic E-state index is 12.6. The van der Waals surface area contributed by atoms with Crippen LogP contribution in [0.4, 0.5) is 0 Å². The van der Waals surface area contributed by atoms with Gasteiger partial charge >= 0.3 is 0 Å². The van der Waals surface area contributed by atoms with E-state index in [4.69, 9.17) is 5.73 Å². The molecule has 5 nitrogen and oxygen atoms in total. The molecule has 1 aromatic carbocycles. The number of rotatable bonds is 9. The van der Waals surface area contributed by atoms with Gasteiger partial charge in [0.25, 0.3) is 0 Å². The van der Waals surface area contributed by atoms with Gasteiger partial charge in [-0.3, -0.25) is 9.78 Å². The third kappa shape index (κ3) is 6.24. The molecular formula is C21H29N3O2. The lowest BCUT2D eigenvalue weighted by Crippen LogP contribution is -2.42. The number of aliphatic hydroxyl groups is 1. The lowest BCUT2D eigenvalue weighted by molar-refractivity contribution is -0.127. The minimum Gasteiger partial charge on any atom is -0.391 e. The Kier molecular flexibility index (Phi) is 7.75. The zero-order chi connectivity index (χ0) is 18.9. The van der Waals surface area contributed by atoms with Gasteiger partial charge in [-0.15, -0.1) is 0 Å². The van der Waals surface area contributed by atoms with Gasteiger partial charge in [-0.05, 0) is 36.0 Å². The zero-order valence-electron chi connectivity index (χ0n) is 15.5. The van der Waals surface area contributed by atoms with Crippen LogP contribution >= 0.6 is 0 Å². The van der Waals surface area contributed by atoms with Gasteiger partial charge < -0.3 is 16.2 Å². The number of nitrogens with two attached hydrogens (primary N) is 1. The minimum atomic E-state index is -0.730. The number of aromatic nitrogens is 1. The summed E-state index contributed by atoms with van der Waals surface area (Å²) in [6.45, 7) is 4.41. The van der Waals surface area contributed by atoms with Crippen molar-refractivity contribution in [1.82, 2.24) is 10.3 Å². The molecule has 1 amide bonds. The second-order valence-electron chi connectivity index (χ2n) is 7.09. The van der Waals surface area contributed by atoms with E-state index in [1.165, 1.54) is 0 Å². The Morgan fingerprint density at radius 1 is 1.15 bits per heavy atom. The van der Waals surface area contributed by atoms with Crippen LogP contribution in [0.3, 0.4) is 0 Å². The van der Waals surface area contributed by atoms with Crippen molar-refractivity contribution in [3.63, 3.8) is 0 Å². The van der Waals surface area contributed by atoms with E-state index < -0.39 is 12.1 Å². The molecule has 26 heavy (non-hydrogen) atoms. The summed E-state index contributed by atoms with van der Waals surface area (Å²) >= 11 is 0. The predicted molar refractivity (Wildman–Crippen MR) is 103 cm³/mol. The quantitative estimate of drug-likeness (QED) is 0.644. The van der Waals surface area contributed by atoms with Crippen molar-refractivity contribution in [2.24, 2.45) is 17.6 Å². The van der Waals surface area contributed by atoms with Crippen molar-refractivity contribution in [2.45, 2.75) is 45.4 Å². The highest BCUT2D eigenvalue weighted by Crippen LogP contribution is 2.20. The average molecular weight is 355 g/mol. The summed E-state index contributed by atoms with van der Waals surface area (Å²) in [6.07, 6.45) is 3.64. The SMILES string of the molecule is CC(C)[C@H](C[C@H](O)[C@@H](N)Cc1ccccc1)C(=O)NCc1cccnc1. The molecule has 0 unspecified atom stereocenters. The first kappa shape index (κ1) is 20.1. The van der Waals surface area contributed by atoms with E-state index in [1.54, 1.807) is 12.4 Å². The van der Waals surface area contributed by atoms with Crippen molar-refractivity contribution >= 4 is 5.91 Å². The maximum absolute atomic E-state index is 12.6. The molecule has 0 aliphatic rings. The summed E-state index contributed by atoms with van der Waals surface area (Å²) in [5.74, 6) is -0.235. The van der Waals surface area contributed by atoms with E-state index in [9.17, 15) is 9.90 Å². The molecule has 3 atom stereocenters. The molecule has 0 spiro atoms. The Morgan fingerprint density at radius 2 is 1.85 bits per heavy atom. The van der Waals surface area contributed by atoms with E-state index in [-0.39, 0.29) is 17.7 Å². The third-order valence-electron chi connectivity index (χ3n) is 4.63. The number of carbonyl (C=O) groups excluding carboxylic acids is 1. The molecule has 0 aliphatic heterocycles. The molecule has 0 saturated carbocycles. The summed E-state index contributed by atoms with van der Waals surface area (Å²) < 4.78 is 0. The number of nitrogens with one attached hydrogen (secondary N) is 1. The number of pyridine rings is 1. The first-order chi connectivity index (χ1) is 12.5. The van der Waals surface area contributed by atoms with Crippen LogP contribution in [0.5, 0.6) is 0 Å². The monoisotopic (exact) mass is 355 g/mol. The molecule has 0 radical (unpaired) electrons. The summed E-state index contributed by atoms with van der Waals surface area (Å²) in [6, 6.07) is 13.2. The topological polar surface area (TPSA) is 88.2 Å². The third-order valence-corrected chi connectivity index (χ3v) is 4.63. The van der Waals surface area contributed by atoms with Gasteiger partial charge in [0, 0.05) is 30.9 Å². The Hall–Kier alpha value is -2.24.